The lowest BCUT2D eigenvalue weighted by Gasteiger charge is -2.20. The van der Waals surface area contributed by atoms with Gasteiger partial charge in [-0.25, -0.2) is 4.57 Å². The van der Waals surface area contributed by atoms with Gasteiger partial charge in [0.05, 0.1) is 0 Å². The minimum atomic E-state index is -4.18. The third kappa shape index (κ3) is 8.06. The van der Waals surface area contributed by atoms with Crippen molar-refractivity contribution in [3.05, 3.63) is 114 Å². The number of phosphoric ester groups is 1. The van der Waals surface area contributed by atoms with E-state index in [1.54, 1.807) is 60.7 Å². The second-order valence-corrected chi connectivity index (χ2v) is 12.2. The molecule has 0 N–H and O–H groups in total. The summed E-state index contributed by atoms with van der Waals surface area (Å²) >= 11 is 5.99. The molecule has 10 heteroatoms. The summed E-state index contributed by atoms with van der Waals surface area (Å²) in [6.07, 6.45) is 0. The number of hydrogen-bond acceptors (Lipinski definition) is 7. The maximum Gasteiger partial charge on any atom is 0.647 e. The van der Waals surface area contributed by atoms with Crippen molar-refractivity contribution in [1.82, 2.24) is 0 Å². The zero-order chi connectivity index (χ0) is 26.5. The highest BCUT2D eigenvalue weighted by molar-refractivity contribution is 7.82. The van der Waals surface area contributed by atoms with Crippen LogP contribution in [0.2, 0.25) is 0 Å². The van der Waals surface area contributed by atoms with E-state index in [4.69, 9.17) is 33.9 Å². The van der Waals surface area contributed by atoms with Crippen LogP contribution in [0, 0.1) is 20.8 Å². The summed E-state index contributed by atoms with van der Waals surface area (Å²) in [6.45, 7) is 1.71. The summed E-state index contributed by atoms with van der Waals surface area (Å²) in [5.74, 6) is 1.29. The molecule has 0 aliphatic carbocycles. The van der Waals surface area contributed by atoms with Gasteiger partial charge in [0.1, 0.15) is 28.7 Å². The molecule has 0 aliphatic rings. The van der Waals surface area contributed by atoms with Crippen LogP contribution in [-0.2, 0) is 9.13 Å². The SMILES string of the molecule is Cc1ccc(OP(=O)(Cl)Oc2ccc(OP(=O)(Oc3cccc(C)c3)Oc3cccc(C)c3)cc2)cc1. The highest BCUT2D eigenvalue weighted by atomic mass is 35.7. The van der Waals surface area contributed by atoms with Crippen LogP contribution in [0.5, 0.6) is 28.7 Å². The van der Waals surface area contributed by atoms with Crippen molar-refractivity contribution in [3.63, 3.8) is 0 Å². The van der Waals surface area contributed by atoms with E-state index in [1.165, 1.54) is 24.3 Å². The fourth-order valence-electron chi connectivity index (χ4n) is 3.22. The van der Waals surface area contributed by atoms with E-state index < -0.39 is 14.8 Å². The molecule has 1 atom stereocenters. The average Bonchev–Trinajstić information content (AvgIpc) is 2.81. The first-order valence-electron chi connectivity index (χ1n) is 11.3. The van der Waals surface area contributed by atoms with E-state index in [0.29, 0.717) is 17.2 Å². The van der Waals surface area contributed by atoms with Crippen LogP contribution in [0.1, 0.15) is 16.7 Å². The fraction of sp³-hybridized carbons (Fsp3) is 0.111. The van der Waals surface area contributed by atoms with Gasteiger partial charge in [-0.15, -0.1) is 0 Å². The molecule has 0 saturated carbocycles. The lowest BCUT2D eigenvalue weighted by atomic mass is 10.2. The van der Waals surface area contributed by atoms with Crippen molar-refractivity contribution in [2.24, 2.45) is 0 Å². The van der Waals surface area contributed by atoms with Crippen molar-refractivity contribution >= 4 is 26.0 Å². The smallest absolute Gasteiger partial charge is 0.405 e. The van der Waals surface area contributed by atoms with Crippen LogP contribution < -0.4 is 22.6 Å². The standard InChI is InChI=1S/C27H25ClO7P2/c1-20-10-12-23(13-11-20)31-36(28,29)32-24-14-16-25(17-15-24)33-37(30,34-26-8-4-6-21(2)18-26)35-27-9-5-7-22(3)19-27/h4-19H,1-3H3. The summed E-state index contributed by atoms with van der Waals surface area (Å²) in [6, 6.07) is 26.8. The Morgan fingerprint density at radius 3 is 1.30 bits per heavy atom. The predicted molar refractivity (Wildman–Crippen MR) is 144 cm³/mol. The van der Waals surface area contributed by atoms with Gasteiger partial charge in [-0.05, 0) is 92.6 Å². The second kappa shape index (κ2) is 11.4. The zero-order valence-electron chi connectivity index (χ0n) is 20.4. The van der Waals surface area contributed by atoms with Gasteiger partial charge in [0.25, 0.3) is 0 Å². The number of aryl methyl sites for hydroxylation is 3. The van der Waals surface area contributed by atoms with Gasteiger partial charge in [0.15, 0.2) is 0 Å². The highest BCUT2D eigenvalue weighted by Crippen LogP contribution is 2.54. The van der Waals surface area contributed by atoms with Gasteiger partial charge in [0, 0.05) is 11.2 Å². The second-order valence-electron chi connectivity index (χ2n) is 8.25. The molecular formula is C27H25ClO7P2. The monoisotopic (exact) mass is 558 g/mol. The van der Waals surface area contributed by atoms with Crippen molar-refractivity contribution in [2.45, 2.75) is 20.8 Å². The molecule has 0 heterocycles. The van der Waals surface area contributed by atoms with E-state index in [1.807, 2.05) is 32.9 Å². The molecule has 0 radical (unpaired) electrons. The molecule has 0 amide bonds. The third-order valence-electron chi connectivity index (χ3n) is 4.90. The predicted octanol–water partition coefficient (Wildman–Crippen LogP) is 9.06. The Kier molecular flexibility index (Phi) is 8.19. The Morgan fingerprint density at radius 1 is 0.486 bits per heavy atom. The van der Waals surface area contributed by atoms with Crippen molar-refractivity contribution in [1.29, 1.82) is 0 Å². The maximum absolute atomic E-state index is 13.7. The number of phosphoric acid groups is 1. The van der Waals surface area contributed by atoms with Gasteiger partial charge >= 0.3 is 14.8 Å². The molecule has 0 aliphatic heterocycles. The van der Waals surface area contributed by atoms with Crippen LogP contribution in [0.25, 0.3) is 0 Å². The largest absolute Gasteiger partial charge is 0.647 e. The first-order chi connectivity index (χ1) is 17.6. The molecular weight excluding hydrogens is 534 g/mol. The molecule has 0 bridgehead atoms. The lowest BCUT2D eigenvalue weighted by molar-refractivity contribution is 0.298. The fourth-order valence-corrected chi connectivity index (χ4v) is 5.72. The van der Waals surface area contributed by atoms with Crippen LogP contribution in [0.15, 0.2) is 97.1 Å². The minimum absolute atomic E-state index is 0.159. The molecule has 37 heavy (non-hydrogen) atoms. The van der Waals surface area contributed by atoms with Crippen molar-refractivity contribution in [2.75, 3.05) is 0 Å². The van der Waals surface area contributed by atoms with Crippen LogP contribution in [-0.4, -0.2) is 0 Å². The molecule has 7 nitrogen and oxygen atoms in total. The van der Waals surface area contributed by atoms with Crippen molar-refractivity contribution in [3.8, 4) is 28.7 Å². The Balaban J connectivity index is 1.50. The molecule has 0 saturated heterocycles. The van der Waals surface area contributed by atoms with Crippen LogP contribution in [0.3, 0.4) is 0 Å². The first-order valence-corrected chi connectivity index (χ1v) is 15.2. The topological polar surface area (TPSA) is 80.3 Å². The summed E-state index contributed by atoms with van der Waals surface area (Å²) in [7, 11) is -4.18. The highest BCUT2D eigenvalue weighted by Gasteiger charge is 2.33. The Bertz CT molecular complexity index is 1410. The number of rotatable bonds is 10. The molecule has 0 aromatic heterocycles. The Hall–Kier alpha value is -3.37. The van der Waals surface area contributed by atoms with Crippen LogP contribution >= 0.6 is 26.0 Å². The molecule has 0 fully saturated rings. The van der Waals surface area contributed by atoms with Crippen LogP contribution in [0.4, 0.5) is 0 Å². The van der Waals surface area contributed by atoms with Crippen molar-refractivity contribution < 1.29 is 31.7 Å². The van der Waals surface area contributed by atoms with E-state index in [0.717, 1.165) is 16.7 Å². The summed E-state index contributed by atoms with van der Waals surface area (Å²) < 4.78 is 54.1. The van der Waals surface area contributed by atoms with Gasteiger partial charge in [-0.2, -0.15) is 4.57 Å². The zero-order valence-corrected chi connectivity index (χ0v) is 22.9. The summed E-state index contributed by atoms with van der Waals surface area (Å²) in [5.41, 5.74) is 2.85. The number of halogens is 1. The van der Waals surface area contributed by atoms with Gasteiger partial charge in [-0.3, -0.25) is 0 Å². The molecule has 0 spiro atoms. The van der Waals surface area contributed by atoms with Gasteiger partial charge in [-0.1, -0.05) is 42.0 Å². The quantitative estimate of drug-likeness (QED) is 0.180. The average molecular weight is 559 g/mol. The normalized spacial score (nSPS) is 12.8. The van der Waals surface area contributed by atoms with E-state index >= 15 is 0 Å². The maximum atomic E-state index is 13.7. The molecule has 4 aromatic carbocycles. The van der Waals surface area contributed by atoms with E-state index in [9.17, 15) is 9.13 Å². The number of benzene rings is 4. The molecule has 1 unspecified atom stereocenters. The Morgan fingerprint density at radius 2 is 0.865 bits per heavy atom. The molecule has 4 rings (SSSR count). The Labute approximate surface area is 220 Å². The molecule has 4 aromatic rings. The lowest BCUT2D eigenvalue weighted by Crippen LogP contribution is -2.07. The third-order valence-corrected chi connectivity index (χ3v) is 7.48. The van der Waals surface area contributed by atoms with Gasteiger partial charge in [0.2, 0.25) is 0 Å². The van der Waals surface area contributed by atoms with E-state index in [2.05, 4.69) is 0 Å². The minimum Gasteiger partial charge on any atom is -0.405 e. The number of hydrogen-bond donors (Lipinski definition) is 0. The van der Waals surface area contributed by atoms with E-state index in [-0.39, 0.29) is 11.5 Å². The van der Waals surface area contributed by atoms with Gasteiger partial charge < -0.3 is 22.6 Å². The first kappa shape index (κ1) is 26.7. The summed E-state index contributed by atoms with van der Waals surface area (Å²) in [5, 5.41) is 0. The molecule has 192 valence electrons. The summed E-state index contributed by atoms with van der Waals surface area (Å²) in [4.78, 5) is 0.